The van der Waals surface area contributed by atoms with E-state index in [-0.39, 0.29) is 5.56 Å². The Morgan fingerprint density at radius 1 is 0.667 bits per heavy atom. The lowest BCUT2D eigenvalue weighted by Crippen LogP contribution is -2.39. The van der Waals surface area contributed by atoms with Crippen LogP contribution in [0.3, 0.4) is 0 Å². The predicted molar refractivity (Wildman–Crippen MR) is 216 cm³/mol. The second-order valence-electron chi connectivity index (χ2n) is 13.3. The highest BCUT2D eigenvalue weighted by Gasteiger charge is 2.42. The lowest BCUT2D eigenvalue weighted by molar-refractivity contribution is 0.451. The first-order valence-corrected chi connectivity index (χ1v) is 18.3. The number of tetrazole rings is 1. The topological polar surface area (TPSA) is 81.4 Å². The summed E-state index contributed by atoms with van der Waals surface area (Å²) in [6.45, 7) is 4.52. The molecule has 2 heterocycles. The average molecular weight is 705 g/mol. The van der Waals surface area contributed by atoms with Crippen LogP contribution in [0.4, 0.5) is 0 Å². The smallest absolute Gasteiger partial charge is 0.276 e. The van der Waals surface area contributed by atoms with Gasteiger partial charge < -0.3 is 4.98 Å². The maximum Gasteiger partial charge on any atom is 0.276 e. The molecular formula is C47H40N6O. The fraction of sp³-hybridized carbons (Fsp3) is 0.106. The Morgan fingerprint density at radius 3 is 1.74 bits per heavy atom. The minimum Gasteiger partial charge on any atom is -0.337 e. The monoisotopic (exact) mass is 704 g/mol. The molecule has 8 aromatic rings. The van der Waals surface area contributed by atoms with E-state index in [0.29, 0.717) is 17.7 Å². The predicted octanol–water partition coefficient (Wildman–Crippen LogP) is 7.79. The van der Waals surface area contributed by atoms with Crippen LogP contribution >= 0.6 is 0 Å². The Morgan fingerprint density at radius 2 is 1.19 bits per heavy atom. The summed E-state index contributed by atoms with van der Waals surface area (Å²) in [7, 11) is 0. The molecule has 0 saturated carbocycles. The van der Waals surface area contributed by atoms with Crippen LogP contribution in [0.5, 0.6) is 0 Å². The van der Waals surface area contributed by atoms with E-state index in [2.05, 4.69) is 132 Å². The van der Waals surface area contributed by atoms with Crippen molar-refractivity contribution < 1.29 is 0 Å². The van der Waals surface area contributed by atoms with Gasteiger partial charge in [-0.25, -0.2) is 4.68 Å². The van der Waals surface area contributed by atoms with Crippen LogP contribution < -0.4 is 16.4 Å². The summed E-state index contributed by atoms with van der Waals surface area (Å²) in [5, 5.41) is 14.4. The molecule has 7 heteroatoms. The van der Waals surface area contributed by atoms with Crippen molar-refractivity contribution in [3.05, 3.63) is 219 Å². The van der Waals surface area contributed by atoms with E-state index in [4.69, 9.17) is 10.3 Å². The van der Waals surface area contributed by atoms with Gasteiger partial charge in [0.15, 0.2) is 5.82 Å². The van der Waals surface area contributed by atoms with Gasteiger partial charge in [0.1, 0.15) is 16.4 Å². The molecular weight excluding hydrogens is 665 g/mol. The molecule has 0 aliphatic heterocycles. The molecule has 0 spiro atoms. The van der Waals surface area contributed by atoms with Crippen molar-refractivity contribution in [1.82, 2.24) is 29.8 Å². The first-order chi connectivity index (χ1) is 26.6. The molecule has 0 atom stereocenters. The third kappa shape index (κ3) is 6.20. The molecule has 2 aromatic heterocycles. The Balaban J connectivity index is 1.22. The van der Waals surface area contributed by atoms with Crippen LogP contribution in [0.2, 0.25) is 0 Å². The van der Waals surface area contributed by atoms with E-state index in [1.165, 1.54) is 0 Å². The highest BCUT2D eigenvalue weighted by atomic mass is 16.1. The van der Waals surface area contributed by atoms with Gasteiger partial charge in [-0.1, -0.05) is 177 Å². The Kier molecular flexibility index (Phi) is 9.52. The van der Waals surface area contributed by atoms with Crippen molar-refractivity contribution in [3.63, 3.8) is 0 Å². The number of H-pyrrole nitrogens is 1. The van der Waals surface area contributed by atoms with Gasteiger partial charge in [0.25, 0.3) is 5.56 Å². The van der Waals surface area contributed by atoms with Gasteiger partial charge in [-0.2, -0.15) is 0 Å². The summed E-state index contributed by atoms with van der Waals surface area (Å²) in [5.41, 5.74) is 8.92. The van der Waals surface area contributed by atoms with Crippen molar-refractivity contribution in [2.45, 2.75) is 32.4 Å². The van der Waals surface area contributed by atoms with E-state index in [1.807, 2.05) is 76.8 Å². The van der Waals surface area contributed by atoms with Crippen LogP contribution in [0.1, 0.15) is 48.1 Å². The zero-order chi connectivity index (χ0) is 36.9. The second-order valence-corrected chi connectivity index (χ2v) is 13.3. The fourth-order valence-electron chi connectivity index (χ4n) is 7.48. The average Bonchev–Trinajstić information content (AvgIpc) is 3.85. The third-order valence-electron chi connectivity index (χ3n) is 10.1. The normalized spacial score (nSPS) is 12.5. The molecule has 0 aliphatic carbocycles. The van der Waals surface area contributed by atoms with Crippen LogP contribution in [0.25, 0.3) is 34.2 Å². The van der Waals surface area contributed by atoms with Gasteiger partial charge in [-0.3, -0.25) is 9.36 Å². The number of aromatic nitrogens is 6. The molecule has 54 heavy (non-hydrogen) atoms. The highest BCUT2D eigenvalue weighted by molar-refractivity contribution is 5.81. The Labute approximate surface area is 314 Å². The largest absolute Gasteiger partial charge is 0.337 e. The van der Waals surface area contributed by atoms with Gasteiger partial charge in [-0.15, -0.1) is 5.10 Å². The van der Waals surface area contributed by atoms with Crippen molar-refractivity contribution >= 4 is 11.6 Å². The number of imidazole rings is 1. The van der Waals surface area contributed by atoms with Crippen LogP contribution in [-0.4, -0.2) is 29.8 Å². The van der Waals surface area contributed by atoms with Gasteiger partial charge in [0, 0.05) is 5.56 Å². The van der Waals surface area contributed by atoms with Crippen LogP contribution in [0, 0.1) is 0 Å². The summed E-state index contributed by atoms with van der Waals surface area (Å²) >= 11 is 0. The maximum absolute atomic E-state index is 13.8. The molecule has 8 rings (SSSR count). The molecule has 0 fully saturated rings. The van der Waals surface area contributed by atoms with Crippen molar-refractivity contribution in [3.8, 4) is 22.5 Å². The van der Waals surface area contributed by atoms with Crippen molar-refractivity contribution in [1.29, 1.82) is 0 Å². The third-order valence-corrected chi connectivity index (χ3v) is 10.1. The lowest BCUT2D eigenvalue weighted by atomic mass is 9.77. The number of hydrogen-bond donors (Lipinski definition) is 1. The Bertz CT molecular complexity index is 2580. The highest BCUT2D eigenvalue weighted by Crippen LogP contribution is 2.43. The lowest BCUT2D eigenvalue weighted by Gasteiger charge is -2.36. The molecule has 0 bridgehead atoms. The Hall–Kier alpha value is -6.86. The SMILES string of the molecule is CCC=c1[nH]c(=C(C)c2ccccc2)c(=O)n1Cc1ccc(-c2ccccc2-c2nnnn2C(c2ccccc2)(c2ccccc2)c2ccccc2)cc1. The van der Waals surface area contributed by atoms with Crippen molar-refractivity contribution in [2.75, 3.05) is 0 Å². The number of hydrogen-bond acceptors (Lipinski definition) is 4. The summed E-state index contributed by atoms with van der Waals surface area (Å²) in [6, 6.07) is 58.0. The quantitative estimate of drug-likeness (QED) is 0.148. The van der Waals surface area contributed by atoms with Crippen LogP contribution in [-0.2, 0) is 12.1 Å². The van der Waals surface area contributed by atoms with E-state index in [0.717, 1.165) is 62.0 Å². The first-order valence-electron chi connectivity index (χ1n) is 18.3. The zero-order valence-electron chi connectivity index (χ0n) is 30.3. The van der Waals surface area contributed by atoms with Gasteiger partial charge in [0.05, 0.1) is 6.54 Å². The fourth-order valence-corrected chi connectivity index (χ4v) is 7.48. The maximum atomic E-state index is 13.8. The van der Waals surface area contributed by atoms with Crippen LogP contribution in [0.15, 0.2) is 175 Å². The number of rotatable bonds is 10. The molecule has 0 amide bonds. The number of aromatic amines is 1. The molecule has 6 aromatic carbocycles. The molecule has 0 radical (unpaired) electrons. The van der Waals surface area contributed by atoms with Gasteiger partial charge in [-0.05, 0) is 74.4 Å². The number of nitrogens with zero attached hydrogens (tertiary/aromatic N) is 5. The molecule has 0 aliphatic rings. The summed E-state index contributed by atoms with van der Waals surface area (Å²) in [5.74, 6) is 0.641. The minimum absolute atomic E-state index is 0.0314. The number of nitrogens with one attached hydrogen (secondary N) is 1. The standard InChI is InChI=1S/C47H40N6O/c1-3-18-43-48-44(34(2)36-19-8-4-9-20-36)46(54)52(43)33-35-29-31-37(32-30-35)41-27-16-17-28-42(41)45-49-50-51-53(45)47(38-21-10-5-11-22-38,39-23-12-6-13-24-39)40-25-14-7-15-26-40/h4-32,48H,3,33H2,1-2H3. The van der Waals surface area contributed by atoms with E-state index in [9.17, 15) is 4.79 Å². The second kappa shape index (κ2) is 15.0. The molecule has 264 valence electrons. The van der Waals surface area contributed by atoms with E-state index in [1.54, 1.807) is 0 Å². The summed E-state index contributed by atoms with van der Waals surface area (Å²) in [6.07, 6.45) is 2.87. The molecule has 0 saturated heterocycles. The van der Waals surface area contributed by atoms with E-state index < -0.39 is 5.54 Å². The van der Waals surface area contributed by atoms with Crippen molar-refractivity contribution in [2.24, 2.45) is 0 Å². The van der Waals surface area contributed by atoms with E-state index >= 15 is 0 Å². The number of benzene rings is 6. The molecule has 0 unspecified atom stereocenters. The molecule has 7 nitrogen and oxygen atoms in total. The first kappa shape index (κ1) is 34.2. The summed E-state index contributed by atoms with van der Waals surface area (Å²) < 4.78 is 3.80. The van der Waals surface area contributed by atoms with Gasteiger partial charge in [0.2, 0.25) is 0 Å². The summed E-state index contributed by atoms with van der Waals surface area (Å²) in [4.78, 5) is 17.3. The molecule has 1 N–H and O–H groups in total. The minimum atomic E-state index is -0.869. The van der Waals surface area contributed by atoms with Gasteiger partial charge >= 0.3 is 0 Å². The zero-order valence-corrected chi connectivity index (χ0v) is 30.3.